The molecule has 0 aliphatic carbocycles. The molecule has 3 heterocycles. The van der Waals surface area contributed by atoms with Crippen LogP contribution in [0.1, 0.15) is 19.8 Å². The van der Waals surface area contributed by atoms with Gasteiger partial charge < -0.3 is 9.30 Å². The van der Waals surface area contributed by atoms with Gasteiger partial charge in [0.15, 0.2) is 4.80 Å². The molecular weight excluding hydrogens is 552 g/mol. The number of esters is 1. The number of halogens is 1. The summed E-state index contributed by atoms with van der Waals surface area (Å²) >= 11 is 7.92. The van der Waals surface area contributed by atoms with Gasteiger partial charge in [0, 0.05) is 31.1 Å². The van der Waals surface area contributed by atoms with Crippen LogP contribution in [0.2, 0.25) is 4.34 Å². The maximum Gasteiger partial charge on any atom is 0.326 e. The molecule has 1 aromatic carbocycles. The van der Waals surface area contributed by atoms with Gasteiger partial charge in [-0.1, -0.05) is 22.9 Å². The molecule has 1 amide bonds. The largest absolute Gasteiger partial charge is 0.465 e. The molecule has 0 saturated carbocycles. The zero-order chi connectivity index (χ0) is 26.0. The van der Waals surface area contributed by atoms with E-state index in [0.717, 1.165) is 22.7 Å². The molecule has 0 N–H and O–H groups in total. The molecule has 36 heavy (non-hydrogen) atoms. The fourth-order valence-electron chi connectivity index (χ4n) is 3.84. The number of carbonyl (C=O) groups is 2. The fraction of sp³-hybridized carbons (Fsp3) is 0.381. The van der Waals surface area contributed by atoms with Crippen molar-refractivity contribution in [1.29, 1.82) is 0 Å². The SMILES string of the molecule is CCOC(=O)Cn1c(=NC(=O)C2CCN(S(=O)(=O)c3ccc(Cl)s3)CC2)sc2cc([N+](=O)[O-])ccc21. The Bertz CT molecular complexity index is 1500. The molecule has 0 unspecified atom stereocenters. The normalized spacial score (nSPS) is 15.9. The Morgan fingerprint density at radius 3 is 2.56 bits per heavy atom. The third-order valence-corrected chi connectivity index (χ3v) is 10.3. The number of thiazole rings is 1. The lowest BCUT2D eigenvalue weighted by Gasteiger charge is -2.29. The molecule has 1 fully saturated rings. The van der Waals surface area contributed by atoms with Crippen molar-refractivity contribution in [1.82, 2.24) is 8.87 Å². The number of hydrogen-bond acceptors (Lipinski definition) is 9. The van der Waals surface area contributed by atoms with E-state index >= 15 is 0 Å². The zero-order valence-electron chi connectivity index (χ0n) is 19.0. The summed E-state index contributed by atoms with van der Waals surface area (Å²) in [6.45, 7) is 1.96. The first kappa shape index (κ1) is 26.4. The van der Waals surface area contributed by atoms with E-state index in [9.17, 15) is 28.1 Å². The van der Waals surface area contributed by atoms with Crippen LogP contribution in [0.25, 0.3) is 10.2 Å². The molecule has 0 radical (unpaired) electrons. The smallest absolute Gasteiger partial charge is 0.326 e. The number of rotatable bonds is 7. The minimum Gasteiger partial charge on any atom is -0.465 e. The Morgan fingerprint density at radius 1 is 1.22 bits per heavy atom. The van der Waals surface area contributed by atoms with E-state index in [2.05, 4.69) is 4.99 Å². The van der Waals surface area contributed by atoms with Crippen molar-refractivity contribution in [3.63, 3.8) is 0 Å². The van der Waals surface area contributed by atoms with Crippen LogP contribution in [0.15, 0.2) is 39.5 Å². The molecule has 1 saturated heterocycles. The molecule has 11 nitrogen and oxygen atoms in total. The van der Waals surface area contributed by atoms with E-state index in [0.29, 0.717) is 14.6 Å². The van der Waals surface area contributed by atoms with Crippen molar-refractivity contribution in [3.05, 3.63) is 49.6 Å². The number of thiophene rings is 1. The van der Waals surface area contributed by atoms with E-state index in [1.807, 2.05) is 0 Å². The van der Waals surface area contributed by atoms with Crippen LogP contribution < -0.4 is 4.80 Å². The van der Waals surface area contributed by atoms with Crippen LogP contribution in [-0.4, -0.2) is 53.8 Å². The molecule has 0 bridgehead atoms. The fourth-order valence-corrected chi connectivity index (χ4v) is 8.02. The number of nitrogens with zero attached hydrogens (tertiary/aromatic N) is 4. The Hall–Kier alpha value is -2.65. The van der Waals surface area contributed by atoms with Crippen LogP contribution >= 0.6 is 34.3 Å². The summed E-state index contributed by atoms with van der Waals surface area (Å²) < 4.78 is 34.5. The number of carbonyl (C=O) groups excluding carboxylic acids is 2. The van der Waals surface area contributed by atoms with Gasteiger partial charge in [0.25, 0.3) is 21.6 Å². The minimum absolute atomic E-state index is 0.120. The van der Waals surface area contributed by atoms with Crippen LogP contribution in [0, 0.1) is 16.0 Å². The first-order chi connectivity index (χ1) is 17.1. The van der Waals surface area contributed by atoms with Crippen LogP contribution in [0.4, 0.5) is 5.69 Å². The van der Waals surface area contributed by atoms with E-state index in [-0.39, 0.29) is 53.8 Å². The molecule has 15 heteroatoms. The molecule has 192 valence electrons. The van der Waals surface area contributed by atoms with Crippen LogP contribution in [0.3, 0.4) is 0 Å². The molecule has 1 aliphatic heterocycles. The second-order valence-electron chi connectivity index (χ2n) is 7.87. The van der Waals surface area contributed by atoms with Gasteiger partial charge in [-0.05, 0) is 38.0 Å². The average molecular weight is 573 g/mol. The van der Waals surface area contributed by atoms with Gasteiger partial charge in [-0.15, -0.1) is 11.3 Å². The average Bonchev–Trinajstić information content (AvgIpc) is 3.43. The summed E-state index contributed by atoms with van der Waals surface area (Å²) in [5.41, 5.74) is 0.395. The zero-order valence-corrected chi connectivity index (χ0v) is 22.2. The molecule has 0 spiro atoms. The van der Waals surface area contributed by atoms with Gasteiger partial charge in [-0.3, -0.25) is 19.7 Å². The standard InChI is InChI=1S/C21H21ClN4O7S3/c1-2-33-18(27)12-25-15-4-3-14(26(29)30)11-16(15)34-21(25)23-20(28)13-7-9-24(10-8-13)36(31,32)19-6-5-17(22)35-19/h3-6,11,13H,2,7-10,12H2,1H3. The third kappa shape index (κ3) is 5.52. The molecule has 0 atom stereocenters. The van der Waals surface area contributed by atoms with Crippen LogP contribution in [-0.2, 0) is 30.9 Å². The Balaban J connectivity index is 1.58. The topological polar surface area (TPSA) is 141 Å². The van der Waals surface area contributed by atoms with E-state index < -0.39 is 32.7 Å². The number of fused-ring (bicyclic) bond motifs is 1. The number of hydrogen-bond donors (Lipinski definition) is 0. The van der Waals surface area contributed by atoms with Crippen LogP contribution in [0.5, 0.6) is 0 Å². The second-order valence-corrected chi connectivity index (χ2v) is 12.8. The van der Waals surface area contributed by atoms with Gasteiger partial charge in [0.05, 0.1) is 26.1 Å². The highest BCUT2D eigenvalue weighted by Gasteiger charge is 2.33. The molecule has 3 aromatic rings. The quantitative estimate of drug-likeness (QED) is 0.240. The lowest BCUT2D eigenvalue weighted by Crippen LogP contribution is -2.40. The summed E-state index contributed by atoms with van der Waals surface area (Å²) in [6.07, 6.45) is 0.573. The summed E-state index contributed by atoms with van der Waals surface area (Å²) in [4.78, 5) is 40.3. The molecule has 4 rings (SSSR count). The van der Waals surface area contributed by atoms with Gasteiger partial charge in [0.2, 0.25) is 0 Å². The number of amides is 1. The summed E-state index contributed by atoms with van der Waals surface area (Å²) in [5.74, 6) is -1.47. The van der Waals surface area contributed by atoms with Crippen molar-refractivity contribution in [3.8, 4) is 0 Å². The van der Waals surface area contributed by atoms with E-state index in [4.69, 9.17) is 16.3 Å². The van der Waals surface area contributed by atoms with Crippen molar-refractivity contribution in [2.45, 2.75) is 30.5 Å². The second kappa shape index (κ2) is 10.8. The Kier molecular flexibility index (Phi) is 7.90. The maximum absolute atomic E-state index is 13.0. The summed E-state index contributed by atoms with van der Waals surface area (Å²) in [5, 5.41) is 11.2. The number of ether oxygens (including phenoxy) is 1. The summed E-state index contributed by atoms with van der Waals surface area (Å²) in [7, 11) is -3.69. The third-order valence-electron chi connectivity index (χ3n) is 5.62. The molecular formula is C21H21ClN4O7S3. The monoisotopic (exact) mass is 572 g/mol. The number of sulfonamides is 1. The predicted molar refractivity (Wildman–Crippen MR) is 134 cm³/mol. The van der Waals surface area contributed by atoms with Gasteiger partial charge in [0.1, 0.15) is 10.8 Å². The highest BCUT2D eigenvalue weighted by atomic mass is 35.5. The van der Waals surface area contributed by atoms with E-state index in [1.165, 1.54) is 39.2 Å². The highest BCUT2D eigenvalue weighted by molar-refractivity contribution is 7.91. The van der Waals surface area contributed by atoms with Crippen molar-refractivity contribution in [2.75, 3.05) is 19.7 Å². The molecule has 1 aliphatic rings. The van der Waals surface area contributed by atoms with Gasteiger partial charge in [-0.2, -0.15) is 9.30 Å². The predicted octanol–water partition coefficient (Wildman–Crippen LogP) is 3.42. The number of benzene rings is 1. The first-order valence-electron chi connectivity index (χ1n) is 10.9. The number of non-ortho nitro benzene ring substituents is 1. The Morgan fingerprint density at radius 2 is 1.94 bits per heavy atom. The lowest BCUT2D eigenvalue weighted by atomic mass is 9.98. The minimum atomic E-state index is -3.69. The van der Waals surface area contributed by atoms with Crippen molar-refractivity contribution >= 4 is 72.1 Å². The maximum atomic E-state index is 13.0. The van der Waals surface area contributed by atoms with E-state index in [1.54, 1.807) is 6.92 Å². The number of nitro benzene ring substituents is 1. The van der Waals surface area contributed by atoms with Crippen molar-refractivity contribution in [2.24, 2.45) is 10.9 Å². The van der Waals surface area contributed by atoms with Gasteiger partial charge in [-0.25, -0.2) is 8.42 Å². The van der Waals surface area contributed by atoms with Gasteiger partial charge >= 0.3 is 5.97 Å². The number of nitro groups is 1. The highest BCUT2D eigenvalue weighted by Crippen LogP contribution is 2.31. The van der Waals surface area contributed by atoms with Crippen molar-refractivity contribution < 1.29 is 27.7 Å². The lowest BCUT2D eigenvalue weighted by molar-refractivity contribution is -0.384. The number of aromatic nitrogens is 1. The summed E-state index contributed by atoms with van der Waals surface area (Å²) in [6, 6.07) is 7.18. The Labute approximate surface area is 218 Å². The first-order valence-corrected chi connectivity index (χ1v) is 14.3. The number of piperidine rings is 1. The molecule has 2 aromatic heterocycles.